The van der Waals surface area contributed by atoms with E-state index in [0.717, 1.165) is 18.3 Å². The van der Waals surface area contributed by atoms with Crippen LogP contribution in [0, 0.1) is 5.82 Å². The van der Waals surface area contributed by atoms with Gasteiger partial charge in [-0.2, -0.15) is 0 Å². The van der Waals surface area contributed by atoms with Gasteiger partial charge in [0, 0.05) is 24.3 Å². The molecule has 1 aromatic rings. The molecule has 2 aliphatic heterocycles. The van der Waals surface area contributed by atoms with Crippen LogP contribution in [-0.2, 0) is 0 Å². The van der Waals surface area contributed by atoms with Gasteiger partial charge in [-0.05, 0) is 82.5 Å². The van der Waals surface area contributed by atoms with Gasteiger partial charge in [-0.15, -0.1) is 0 Å². The lowest BCUT2D eigenvalue weighted by Crippen LogP contribution is -2.51. The molecule has 4 heteroatoms. The van der Waals surface area contributed by atoms with Gasteiger partial charge >= 0.3 is 0 Å². The second-order valence-corrected chi connectivity index (χ2v) is 7.06. The molecule has 1 aromatic carbocycles. The first kappa shape index (κ1) is 16.7. The molecule has 2 saturated heterocycles. The third-order valence-corrected chi connectivity index (χ3v) is 5.28. The number of halogens is 1. The molecule has 0 spiro atoms. The third-order valence-electron chi connectivity index (χ3n) is 5.28. The molecule has 23 heavy (non-hydrogen) atoms. The highest BCUT2D eigenvalue weighted by molar-refractivity contribution is 5.43. The van der Waals surface area contributed by atoms with Crippen LogP contribution in [0.1, 0.15) is 39.0 Å². The van der Waals surface area contributed by atoms with E-state index >= 15 is 0 Å². The molecule has 3 rings (SSSR count). The standard InChI is InChI=1S/C19H30FN3/c1-2-11-22-13-9-19(10-14-22)23-12-3-4-18(15-23)21-17-7-5-16(20)6-8-17/h5-8,18-19,21H,2-4,9-15H2,1H3. The highest BCUT2D eigenvalue weighted by atomic mass is 19.1. The highest BCUT2D eigenvalue weighted by Gasteiger charge is 2.28. The smallest absolute Gasteiger partial charge is 0.123 e. The Morgan fingerprint density at radius 1 is 1.09 bits per heavy atom. The minimum atomic E-state index is -0.167. The molecule has 0 amide bonds. The van der Waals surface area contributed by atoms with Crippen molar-refractivity contribution in [1.82, 2.24) is 9.80 Å². The fraction of sp³-hybridized carbons (Fsp3) is 0.684. The molecular formula is C19H30FN3. The van der Waals surface area contributed by atoms with Gasteiger partial charge in [-0.3, -0.25) is 4.90 Å². The lowest BCUT2D eigenvalue weighted by Gasteiger charge is -2.42. The van der Waals surface area contributed by atoms with E-state index in [2.05, 4.69) is 22.0 Å². The molecule has 1 unspecified atom stereocenters. The van der Waals surface area contributed by atoms with Gasteiger partial charge < -0.3 is 10.2 Å². The Kier molecular flexibility index (Phi) is 5.90. The van der Waals surface area contributed by atoms with E-state index in [1.165, 1.54) is 70.4 Å². The van der Waals surface area contributed by atoms with Gasteiger partial charge in [0.05, 0.1) is 0 Å². The molecule has 2 fully saturated rings. The minimum Gasteiger partial charge on any atom is -0.381 e. The second kappa shape index (κ2) is 8.11. The van der Waals surface area contributed by atoms with Gasteiger partial charge in [0.2, 0.25) is 0 Å². The highest BCUT2D eigenvalue weighted by Crippen LogP contribution is 2.23. The lowest BCUT2D eigenvalue weighted by molar-refractivity contribution is 0.0885. The van der Waals surface area contributed by atoms with Crippen LogP contribution in [0.25, 0.3) is 0 Å². The quantitative estimate of drug-likeness (QED) is 0.895. The predicted octanol–water partition coefficient (Wildman–Crippen LogP) is 3.58. The third kappa shape index (κ3) is 4.67. The number of piperidine rings is 2. The summed E-state index contributed by atoms with van der Waals surface area (Å²) in [6, 6.07) is 8.00. The number of nitrogens with one attached hydrogen (secondary N) is 1. The molecule has 0 aliphatic carbocycles. The summed E-state index contributed by atoms with van der Waals surface area (Å²) in [5.41, 5.74) is 1.04. The van der Waals surface area contributed by atoms with Crippen LogP contribution in [0.15, 0.2) is 24.3 Å². The zero-order valence-electron chi connectivity index (χ0n) is 14.3. The summed E-state index contributed by atoms with van der Waals surface area (Å²) < 4.78 is 13.0. The monoisotopic (exact) mass is 319 g/mol. The molecule has 0 aromatic heterocycles. The largest absolute Gasteiger partial charge is 0.381 e. The zero-order valence-corrected chi connectivity index (χ0v) is 14.3. The van der Waals surface area contributed by atoms with E-state index in [0.29, 0.717) is 6.04 Å². The van der Waals surface area contributed by atoms with E-state index in [1.807, 2.05) is 12.1 Å². The van der Waals surface area contributed by atoms with E-state index < -0.39 is 0 Å². The van der Waals surface area contributed by atoms with Crippen LogP contribution in [0.2, 0.25) is 0 Å². The fourth-order valence-electron chi connectivity index (χ4n) is 4.06. The Hall–Kier alpha value is -1.13. The number of hydrogen-bond acceptors (Lipinski definition) is 3. The van der Waals surface area contributed by atoms with Crippen molar-refractivity contribution in [2.75, 3.05) is 38.0 Å². The fourth-order valence-corrected chi connectivity index (χ4v) is 4.06. The van der Waals surface area contributed by atoms with Crippen LogP contribution in [-0.4, -0.2) is 54.6 Å². The number of likely N-dealkylation sites (tertiary alicyclic amines) is 2. The molecular weight excluding hydrogens is 289 g/mol. The Bertz CT molecular complexity index is 468. The summed E-state index contributed by atoms with van der Waals surface area (Å²) in [4.78, 5) is 5.29. The van der Waals surface area contributed by atoms with Gasteiger partial charge in [0.1, 0.15) is 5.82 Å². The molecule has 0 saturated carbocycles. The number of hydrogen-bond donors (Lipinski definition) is 1. The first-order valence-corrected chi connectivity index (χ1v) is 9.23. The van der Waals surface area contributed by atoms with Gasteiger partial charge in [0.25, 0.3) is 0 Å². The zero-order chi connectivity index (χ0) is 16.1. The summed E-state index contributed by atoms with van der Waals surface area (Å²) in [5.74, 6) is -0.167. The summed E-state index contributed by atoms with van der Waals surface area (Å²) in [5, 5.41) is 3.59. The average Bonchev–Trinajstić information content (AvgIpc) is 2.58. The maximum absolute atomic E-state index is 13.0. The SMILES string of the molecule is CCCN1CCC(N2CCCC(Nc3ccc(F)cc3)C2)CC1. The van der Waals surface area contributed by atoms with Crippen molar-refractivity contribution in [1.29, 1.82) is 0 Å². The van der Waals surface area contributed by atoms with E-state index in [4.69, 9.17) is 0 Å². The summed E-state index contributed by atoms with van der Waals surface area (Å²) in [6.45, 7) is 8.38. The van der Waals surface area contributed by atoms with Crippen LogP contribution >= 0.6 is 0 Å². The molecule has 0 radical (unpaired) electrons. The van der Waals surface area contributed by atoms with Crippen molar-refractivity contribution in [2.45, 2.75) is 51.1 Å². The second-order valence-electron chi connectivity index (χ2n) is 7.06. The van der Waals surface area contributed by atoms with E-state index in [-0.39, 0.29) is 5.82 Å². The van der Waals surface area contributed by atoms with Crippen LogP contribution < -0.4 is 5.32 Å². The van der Waals surface area contributed by atoms with Crippen molar-refractivity contribution in [2.24, 2.45) is 0 Å². The van der Waals surface area contributed by atoms with Gasteiger partial charge in [-0.1, -0.05) is 6.92 Å². The van der Waals surface area contributed by atoms with Gasteiger partial charge in [-0.25, -0.2) is 4.39 Å². The maximum atomic E-state index is 13.0. The van der Waals surface area contributed by atoms with Crippen LogP contribution in [0.3, 0.4) is 0 Å². The number of benzene rings is 1. The van der Waals surface area contributed by atoms with Gasteiger partial charge in [0.15, 0.2) is 0 Å². The predicted molar refractivity (Wildman–Crippen MR) is 94.4 cm³/mol. The molecule has 2 heterocycles. The summed E-state index contributed by atoms with van der Waals surface area (Å²) >= 11 is 0. The maximum Gasteiger partial charge on any atom is 0.123 e. The molecule has 3 nitrogen and oxygen atoms in total. The summed E-state index contributed by atoms with van der Waals surface area (Å²) in [7, 11) is 0. The molecule has 0 bridgehead atoms. The van der Waals surface area contributed by atoms with E-state index in [9.17, 15) is 4.39 Å². The van der Waals surface area contributed by atoms with Crippen molar-refractivity contribution >= 4 is 5.69 Å². The number of anilines is 1. The van der Waals surface area contributed by atoms with Crippen molar-refractivity contribution in [3.05, 3.63) is 30.1 Å². The Balaban J connectivity index is 1.49. The Labute approximate surface area is 139 Å². The minimum absolute atomic E-state index is 0.167. The lowest BCUT2D eigenvalue weighted by atomic mass is 9.97. The van der Waals surface area contributed by atoms with Crippen LogP contribution in [0.5, 0.6) is 0 Å². The molecule has 1 N–H and O–H groups in total. The summed E-state index contributed by atoms with van der Waals surface area (Å²) in [6.07, 6.45) is 6.35. The van der Waals surface area contributed by atoms with Crippen molar-refractivity contribution in [3.8, 4) is 0 Å². The van der Waals surface area contributed by atoms with Crippen molar-refractivity contribution in [3.63, 3.8) is 0 Å². The topological polar surface area (TPSA) is 18.5 Å². The number of rotatable bonds is 5. The van der Waals surface area contributed by atoms with Crippen LogP contribution in [0.4, 0.5) is 10.1 Å². The Morgan fingerprint density at radius 3 is 2.52 bits per heavy atom. The number of nitrogens with zero attached hydrogens (tertiary/aromatic N) is 2. The first-order valence-electron chi connectivity index (χ1n) is 9.23. The van der Waals surface area contributed by atoms with Crippen molar-refractivity contribution < 1.29 is 4.39 Å². The Morgan fingerprint density at radius 2 is 1.83 bits per heavy atom. The molecule has 2 aliphatic rings. The molecule has 128 valence electrons. The normalized spacial score (nSPS) is 24.7. The first-order chi connectivity index (χ1) is 11.2. The average molecular weight is 319 g/mol. The van der Waals surface area contributed by atoms with E-state index in [1.54, 1.807) is 0 Å². The molecule has 1 atom stereocenters.